The Bertz CT molecular complexity index is 1420. The van der Waals surface area contributed by atoms with Crippen LogP contribution >= 0.6 is 0 Å². The molecule has 1 saturated heterocycles. The van der Waals surface area contributed by atoms with Gasteiger partial charge in [-0.2, -0.15) is 5.10 Å². The lowest BCUT2D eigenvalue weighted by molar-refractivity contribution is 0.104. The van der Waals surface area contributed by atoms with E-state index >= 15 is 0 Å². The van der Waals surface area contributed by atoms with E-state index in [0.29, 0.717) is 24.5 Å². The van der Waals surface area contributed by atoms with Gasteiger partial charge in [0.2, 0.25) is 0 Å². The van der Waals surface area contributed by atoms with Gasteiger partial charge in [-0.1, -0.05) is 18.2 Å². The van der Waals surface area contributed by atoms with Gasteiger partial charge in [0.1, 0.15) is 18.9 Å². The van der Waals surface area contributed by atoms with Gasteiger partial charge in [0.05, 0.1) is 18.9 Å². The second-order valence-corrected chi connectivity index (χ2v) is 8.92. The molecule has 4 aromatic rings. The molecule has 2 aliphatic heterocycles. The molecule has 1 aromatic heterocycles. The van der Waals surface area contributed by atoms with Gasteiger partial charge < -0.3 is 19.1 Å². The SMILES string of the molecule is O=C(/C=C/c1cn(-c2ccccc2)nc1-c1ccc2c(c1)OCCO2)c1ccc(N2CCOCC2)cc1. The normalized spacial score (nSPS) is 15.2. The number of allylic oxidation sites excluding steroid dienone is 1. The maximum atomic E-state index is 13.0. The molecule has 0 bridgehead atoms. The summed E-state index contributed by atoms with van der Waals surface area (Å²) >= 11 is 0. The number of para-hydroxylation sites is 1. The standard InChI is InChI=1S/C30H27N3O4/c34-27(22-6-10-25(11-7-22)32-14-16-35-17-15-32)12-8-24-21-33(26-4-2-1-3-5-26)31-30(24)23-9-13-28-29(20-23)37-19-18-36-28/h1-13,20-21H,14-19H2/b12-8+. The maximum absolute atomic E-state index is 13.0. The van der Waals surface area contributed by atoms with Gasteiger partial charge in [-0.05, 0) is 66.7 Å². The Morgan fingerprint density at radius 2 is 1.57 bits per heavy atom. The number of aromatic nitrogens is 2. The third kappa shape index (κ3) is 4.99. The first kappa shape index (κ1) is 23.1. The number of anilines is 1. The van der Waals surface area contributed by atoms with Gasteiger partial charge in [0, 0.05) is 41.7 Å². The first-order chi connectivity index (χ1) is 18.2. The molecule has 3 aromatic carbocycles. The van der Waals surface area contributed by atoms with E-state index in [0.717, 1.165) is 60.2 Å². The smallest absolute Gasteiger partial charge is 0.185 e. The van der Waals surface area contributed by atoms with E-state index in [1.54, 1.807) is 6.08 Å². The molecule has 6 rings (SSSR count). The van der Waals surface area contributed by atoms with Crippen LogP contribution in [0.3, 0.4) is 0 Å². The lowest BCUT2D eigenvalue weighted by Gasteiger charge is -2.28. The number of carbonyl (C=O) groups is 1. The van der Waals surface area contributed by atoms with Crippen LogP contribution < -0.4 is 14.4 Å². The van der Waals surface area contributed by atoms with E-state index in [1.807, 2.05) is 89.8 Å². The zero-order valence-electron chi connectivity index (χ0n) is 20.4. The minimum Gasteiger partial charge on any atom is -0.486 e. The number of rotatable bonds is 6. The van der Waals surface area contributed by atoms with Gasteiger partial charge in [0.15, 0.2) is 17.3 Å². The Labute approximate surface area is 215 Å². The molecule has 186 valence electrons. The fraction of sp³-hybridized carbons (Fsp3) is 0.200. The van der Waals surface area contributed by atoms with Gasteiger partial charge in [-0.15, -0.1) is 0 Å². The molecule has 0 unspecified atom stereocenters. The van der Waals surface area contributed by atoms with Crippen LogP contribution in [-0.2, 0) is 4.74 Å². The van der Waals surface area contributed by atoms with Crippen LogP contribution in [0.25, 0.3) is 23.0 Å². The summed E-state index contributed by atoms with van der Waals surface area (Å²) in [5, 5.41) is 4.86. The van der Waals surface area contributed by atoms with Crippen molar-refractivity contribution in [3.05, 3.63) is 96.2 Å². The zero-order chi connectivity index (χ0) is 25.0. The van der Waals surface area contributed by atoms with Gasteiger partial charge in [0.25, 0.3) is 0 Å². The molecule has 0 saturated carbocycles. The first-order valence-corrected chi connectivity index (χ1v) is 12.4. The molecule has 0 spiro atoms. The van der Waals surface area contributed by atoms with Gasteiger partial charge in [-0.3, -0.25) is 4.79 Å². The molecule has 0 amide bonds. The topological polar surface area (TPSA) is 65.8 Å². The van der Waals surface area contributed by atoms with Crippen molar-refractivity contribution >= 4 is 17.5 Å². The van der Waals surface area contributed by atoms with Crippen molar-refractivity contribution in [1.82, 2.24) is 9.78 Å². The lowest BCUT2D eigenvalue weighted by Crippen LogP contribution is -2.36. The number of carbonyl (C=O) groups excluding carboxylic acids is 1. The van der Waals surface area contributed by atoms with Crippen molar-refractivity contribution in [2.24, 2.45) is 0 Å². The van der Waals surface area contributed by atoms with Gasteiger partial charge >= 0.3 is 0 Å². The minimum atomic E-state index is -0.0610. The van der Waals surface area contributed by atoms with E-state index in [9.17, 15) is 4.79 Å². The number of hydrogen-bond acceptors (Lipinski definition) is 6. The molecule has 0 radical (unpaired) electrons. The molecule has 1 fully saturated rings. The summed E-state index contributed by atoms with van der Waals surface area (Å²) in [6.45, 7) is 4.24. The highest BCUT2D eigenvalue weighted by Gasteiger charge is 2.17. The highest BCUT2D eigenvalue weighted by Crippen LogP contribution is 2.35. The number of hydrogen-bond donors (Lipinski definition) is 0. The van der Waals surface area contributed by atoms with E-state index in [1.165, 1.54) is 0 Å². The zero-order valence-corrected chi connectivity index (χ0v) is 20.4. The summed E-state index contributed by atoms with van der Waals surface area (Å²) in [7, 11) is 0. The summed E-state index contributed by atoms with van der Waals surface area (Å²) in [5.41, 5.74) is 5.16. The molecule has 7 nitrogen and oxygen atoms in total. The number of fused-ring (bicyclic) bond motifs is 1. The molecular formula is C30H27N3O4. The Morgan fingerprint density at radius 3 is 2.35 bits per heavy atom. The van der Waals surface area contributed by atoms with Crippen LogP contribution in [0, 0.1) is 0 Å². The van der Waals surface area contributed by atoms with Crippen LogP contribution in [0.1, 0.15) is 15.9 Å². The van der Waals surface area contributed by atoms with Crippen molar-refractivity contribution < 1.29 is 19.0 Å². The minimum absolute atomic E-state index is 0.0610. The van der Waals surface area contributed by atoms with Crippen molar-refractivity contribution in [2.75, 3.05) is 44.4 Å². The van der Waals surface area contributed by atoms with E-state index in [-0.39, 0.29) is 5.78 Å². The molecule has 7 heteroatoms. The summed E-state index contributed by atoms with van der Waals surface area (Å²) < 4.78 is 18.7. The summed E-state index contributed by atoms with van der Waals surface area (Å²) in [4.78, 5) is 15.3. The van der Waals surface area contributed by atoms with Crippen molar-refractivity contribution in [3.63, 3.8) is 0 Å². The average molecular weight is 494 g/mol. The highest BCUT2D eigenvalue weighted by molar-refractivity contribution is 6.07. The quantitative estimate of drug-likeness (QED) is 0.277. The Hall–Kier alpha value is -4.36. The first-order valence-electron chi connectivity index (χ1n) is 12.4. The lowest BCUT2D eigenvalue weighted by atomic mass is 10.0. The second-order valence-electron chi connectivity index (χ2n) is 8.92. The van der Waals surface area contributed by atoms with Crippen molar-refractivity contribution in [1.29, 1.82) is 0 Å². The van der Waals surface area contributed by atoms with Crippen LogP contribution in [-0.4, -0.2) is 55.1 Å². The molecule has 0 atom stereocenters. The monoisotopic (exact) mass is 493 g/mol. The molecule has 37 heavy (non-hydrogen) atoms. The number of benzene rings is 3. The molecule has 2 aliphatic rings. The largest absolute Gasteiger partial charge is 0.486 e. The van der Waals surface area contributed by atoms with E-state index in [2.05, 4.69) is 4.90 Å². The fourth-order valence-corrected chi connectivity index (χ4v) is 4.56. The maximum Gasteiger partial charge on any atom is 0.185 e. The van der Waals surface area contributed by atoms with E-state index < -0.39 is 0 Å². The van der Waals surface area contributed by atoms with Crippen molar-refractivity contribution in [2.45, 2.75) is 0 Å². The van der Waals surface area contributed by atoms with Gasteiger partial charge in [-0.25, -0.2) is 4.68 Å². The van der Waals surface area contributed by atoms with Crippen LogP contribution in [0.2, 0.25) is 0 Å². The average Bonchev–Trinajstić information content (AvgIpc) is 3.41. The third-order valence-electron chi connectivity index (χ3n) is 6.52. The fourth-order valence-electron chi connectivity index (χ4n) is 4.56. The number of morpholine rings is 1. The predicted molar refractivity (Wildman–Crippen MR) is 143 cm³/mol. The molecular weight excluding hydrogens is 466 g/mol. The number of ketones is 1. The predicted octanol–water partition coefficient (Wildman–Crippen LogP) is 5.04. The highest BCUT2D eigenvalue weighted by atomic mass is 16.6. The van der Waals surface area contributed by atoms with E-state index in [4.69, 9.17) is 19.3 Å². The number of ether oxygens (including phenoxy) is 3. The Balaban J connectivity index is 1.29. The van der Waals surface area contributed by atoms with Crippen LogP contribution in [0.15, 0.2) is 85.1 Å². The Morgan fingerprint density at radius 1 is 0.811 bits per heavy atom. The third-order valence-corrected chi connectivity index (χ3v) is 6.52. The molecule has 0 aliphatic carbocycles. The number of nitrogens with zero attached hydrogens (tertiary/aromatic N) is 3. The van der Waals surface area contributed by atoms with Crippen molar-refractivity contribution in [3.8, 4) is 28.4 Å². The second kappa shape index (κ2) is 10.3. The van der Waals surface area contributed by atoms with Crippen LogP contribution in [0.4, 0.5) is 5.69 Å². The Kier molecular flexibility index (Phi) is 6.44. The summed E-state index contributed by atoms with van der Waals surface area (Å²) in [6, 6.07) is 23.5. The molecule has 0 N–H and O–H groups in total. The molecule has 3 heterocycles. The van der Waals surface area contributed by atoms with Crippen LogP contribution in [0.5, 0.6) is 11.5 Å². The summed E-state index contributed by atoms with van der Waals surface area (Å²) in [6.07, 6.45) is 5.38. The summed E-state index contributed by atoms with van der Waals surface area (Å²) in [5.74, 6) is 1.36.